The molecule has 0 radical (unpaired) electrons. The molecule has 0 saturated heterocycles. The normalized spacial score (nSPS) is 14.7. The van der Waals surface area contributed by atoms with Crippen LogP contribution in [0.2, 0.25) is 0 Å². The Bertz CT molecular complexity index is 411. The van der Waals surface area contributed by atoms with E-state index in [9.17, 15) is 9.46 Å². The van der Waals surface area contributed by atoms with E-state index in [0.717, 1.165) is 25.4 Å². The van der Waals surface area contributed by atoms with E-state index < -0.39 is 15.1 Å². The second-order valence-electron chi connectivity index (χ2n) is 10.1. The van der Waals surface area contributed by atoms with Crippen molar-refractivity contribution < 1.29 is 18.5 Å². The fourth-order valence-electron chi connectivity index (χ4n) is 3.65. The molecule has 1 N–H and O–H groups in total. The molecule has 0 amide bonds. The third-order valence-corrected chi connectivity index (χ3v) is 8.45. The van der Waals surface area contributed by atoms with Crippen molar-refractivity contribution in [1.82, 2.24) is 0 Å². The number of hydrogen-bond donors (Lipinski definition) is 1. The Balaban J connectivity index is 3.29. The van der Waals surface area contributed by atoms with Crippen LogP contribution in [0.15, 0.2) is 0 Å². The molecule has 0 aromatic carbocycles. The zero-order chi connectivity index (χ0) is 22.6. The van der Waals surface area contributed by atoms with E-state index in [1.54, 1.807) is 0 Å². The van der Waals surface area contributed by atoms with Crippen molar-refractivity contribution in [1.29, 1.82) is 0 Å². The molecule has 0 aliphatic rings. The molecule has 0 aliphatic heterocycles. The van der Waals surface area contributed by atoms with Crippen LogP contribution in [0.5, 0.6) is 0 Å². The van der Waals surface area contributed by atoms with E-state index in [1.165, 1.54) is 89.9 Å². The minimum absolute atomic E-state index is 0.316. The predicted molar refractivity (Wildman–Crippen MR) is 137 cm³/mol. The van der Waals surface area contributed by atoms with Gasteiger partial charge in [-0.15, -0.1) is 0 Å². The van der Waals surface area contributed by atoms with E-state index in [2.05, 4.69) is 26.9 Å². The molecule has 30 heavy (non-hydrogen) atoms. The SMILES string of the molecule is CCCCCCCCCCCCCCCCCCOP(=O)(O)OCCC[PH](C)(C)C. The van der Waals surface area contributed by atoms with Gasteiger partial charge in [0.1, 0.15) is 0 Å². The van der Waals surface area contributed by atoms with Gasteiger partial charge in [-0.05, 0) is 0 Å². The molecule has 0 saturated carbocycles. The second kappa shape index (κ2) is 20.2. The van der Waals surface area contributed by atoms with Crippen molar-refractivity contribution in [3.05, 3.63) is 0 Å². The van der Waals surface area contributed by atoms with Gasteiger partial charge in [-0.1, -0.05) is 77.6 Å². The van der Waals surface area contributed by atoms with E-state index in [1.807, 2.05) is 0 Å². The molecule has 0 aromatic rings. The number of hydrogen-bond acceptors (Lipinski definition) is 3. The van der Waals surface area contributed by atoms with Gasteiger partial charge in [-0.25, -0.2) is 0 Å². The van der Waals surface area contributed by atoms with Gasteiger partial charge in [0, 0.05) is 0 Å². The fraction of sp³-hybridized carbons (Fsp3) is 1.00. The molecule has 4 nitrogen and oxygen atoms in total. The summed E-state index contributed by atoms with van der Waals surface area (Å²) < 4.78 is 22.0. The quantitative estimate of drug-likeness (QED) is 0.121. The maximum absolute atomic E-state index is 11.8. The van der Waals surface area contributed by atoms with Crippen LogP contribution in [0.1, 0.15) is 116 Å². The van der Waals surface area contributed by atoms with Crippen molar-refractivity contribution in [3.63, 3.8) is 0 Å². The van der Waals surface area contributed by atoms with Crippen LogP contribution in [0.25, 0.3) is 0 Å². The average molecular weight is 469 g/mol. The van der Waals surface area contributed by atoms with Crippen molar-refractivity contribution in [2.45, 2.75) is 116 Å². The second-order valence-corrected chi connectivity index (χ2v) is 17.2. The zero-order valence-corrected chi connectivity index (χ0v) is 22.7. The summed E-state index contributed by atoms with van der Waals surface area (Å²) in [4.78, 5) is 9.69. The van der Waals surface area contributed by atoms with Crippen LogP contribution >= 0.6 is 15.1 Å². The molecule has 0 bridgehead atoms. The molecule has 0 spiro atoms. The summed E-state index contributed by atoms with van der Waals surface area (Å²) in [7, 11) is -4.96. The third kappa shape index (κ3) is 24.8. The van der Waals surface area contributed by atoms with Crippen LogP contribution in [0.4, 0.5) is 0 Å². The molecule has 184 valence electrons. The van der Waals surface area contributed by atoms with Gasteiger partial charge in [0.2, 0.25) is 0 Å². The van der Waals surface area contributed by atoms with Gasteiger partial charge in [0.15, 0.2) is 0 Å². The molecule has 1 atom stereocenters. The molecule has 1 unspecified atom stereocenters. The first-order valence-electron chi connectivity index (χ1n) is 12.9. The first kappa shape index (κ1) is 30.5. The molecular formula is C24H54O4P2. The Kier molecular flexibility index (Phi) is 20.5. The molecular weight excluding hydrogens is 414 g/mol. The zero-order valence-electron chi connectivity index (χ0n) is 20.8. The van der Waals surface area contributed by atoms with Crippen LogP contribution in [-0.4, -0.2) is 44.3 Å². The molecule has 0 aliphatic carbocycles. The summed E-state index contributed by atoms with van der Waals surface area (Å²) in [5.74, 6) is 0. The third-order valence-electron chi connectivity index (χ3n) is 5.58. The van der Waals surface area contributed by atoms with E-state index in [-0.39, 0.29) is 0 Å². The summed E-state index contributed by atoms with van der Waals surface area (Å²) in [5, 5.41) is 0. The summed E-state index contributed by atoms with van der Waals surface area (Å²) in [6, 6.07) is 0. The molecule has 0 aromatic heterocycles. The summed E-state index contributed by atoms with van der Waals surface area (Å²) in [6.45, 7) is 9.78. The molecule has 0 fully saturated rings. The van der Waals surface area contributed by atoms with Gasteiger partial charge in [-0.2, -0.15) is 0 Å². The van der Waals surface area contributed by atoms with Gasteiger partial charge in [-0.3, -0.25) is 0 Å². The Morgan fingerprint density at radius 1 is 0.600 bits per heavy atom. The predicted octanol–water partition coefficient (Wildman–Crippen LogP) is 8.41. The van der Waals surface area contributed by atoms with Gasteiger partial charge in [0.05, 0.1) is 0 Å². The van der Waals surface area contributed by atoms with Crippen molar-refractivity contribution in [3.8, 4) is 0 Å². The van der Waals surface area contributed by atoms with Crippen LogP contribution in [-0.2, 0) is 13.6 Å². The Hall–Kier alpha value is 0.540. The minimum atomic E-state index is -3.85. The summed E-state index contributed by atoms with van der Waals surface area (Å²) in [5.41, 5.74) is 0. The number of phosphoric acid groups is 1. The van der Waals surface area contributed by atoms with E-state index in [0.29, 0.717) is 13.2 Å². The van der Waals surface area contributed by atoms with E-state index >= 15 is 0 Å². The van der Waals surface area contributed by atoms with E-state index in [4.69, 9.17) is 9.05 Å². The van der Waals surface area contributed by atoms with Gasteiger partial charge < -0.3 is 0 Å². The monoisotopic (exact) mass is 468 g/mol. The number of phosphoric ester groups is 1. The van der Waals surface area contributed by atoms with Gasteiger partial charge in [0.25, 0.3) is 0 Å². The Morgan fingerprint density at radius 2 is 0.933 bits per heavy atom. The van der Waals surface area contributed by atoms with Crippen molar-refractivity contribution in [2.24, 2.45) is 0 Å². The maximum atomic E-state index is 11.8. The first-order valence-corrected chi connectivity index (χ1v) is 18.1. The summed E-state index contributed by atoms with van der Waals surface area (Å²) >= 11 is 0. The topological polar surface area (TPSA) is 55.8 Å². The number of unbranched alkanes of at least 4 members (excludes halogenated alkanes) is 15. The standard InChI is InChI=1S/C24H54O4P2/c1-5-6-7-8-9-10-11-12-13-14-15-16-17-18-19-20-22-27-30(25,26)28-23-21-24-29(2,3)4/h29H,5-24H2,1-4H3,(H,25,26). The summed E-state index contributed by atoms with van der Waals surface area (Å²) in [6.07, 6.45) is 23.0. The average Bonchev–Trinajstić information content (AvgIpc) is 2.67. The number of rotatable bonds is 23. The Labute approximate surface area is 189 Å². The van der Waals surface area contributed by atoms with Crippen LogP contribution < -0.4 is 0 Å². The van der Waals surface area contributed by atoms with Crippen LogP contribution in [0, 0.1) is 0 Å². The van der Waals surface area contributed by atoms with Crippen molar-refractivity contribution >= 4 is 15.1 Å². The molecule has 0 rings (SSSR count). The first-order chi connectivity index (χ1) is 14.3. The Morgan fingerprint density at radius 3 is 1.30 bits per heavy atom. The van der Waals surface area contributed by atoms with Crippen molar-refractivity contribution in [2.75, 3.05) is 39.4 Å². The molecule has 0 heterocycles. The fourth-order valence-corrected chi connectivity index (χ4v) is 5.65. The van der Waals surface area contributed by atoms with Gasteiger partial charge >= 0.3 is 111 Å². The van der Waals surface area contributed by atoms with Crippen LogP contribution in [0.3, 0.4) is 0 Å². The molecule has 6 heteroatoms.